The molecule has 2 heteroatoms. The summed E-state index contributed by atoms with van der Waals surface area (Å²) >= 11 is 0. The number of hydrogen-bond donors (Lipinski definition) is 1. The third kappa shape index (κ3) is 3.01. The zero-order valence-electron chi connectivity index (χ0n) is 11.9. The molecule has 1 saturated heterocycles. The highest BCUT2D eigenvalue weighted by molar-refractivity contribution is 5.30. The molecule has 3 unspecified atom stereocenters. The summed E-state index contributed by atoms with van der Waals surface area (Å²) in [5, 5.41) is 3.79. The second-order valence-corrected chi connectivity index (χ2v) is 5.98. The van der Waals surface area contributed by atoms with Crippen LogP contribution in [0.2, 0.25) is 0 Å². The Morgan fingerprint density at radius 2 is 2.05 bits per heavy atom. The van der Waals surface area contributed by atoms with Crippen molar-refractivity contribution in [2.75, 3.05) is 13.2 Å². The van der Waals surface area contributed by atoms with Crippen molar-refractivity contribution in [2.45, 2.75) is 51.2 Å². The molecule has 3 rings (SSSR count). The van der Waals surface area contributed by atoms with E-state index in [1.54, 1.807) is 11.1 Å². The van der Waals surface area contributed by atoms with Crippen LogP contribution in [0.3, 0.4) is 0 Å². The van der Waals surface area contributed by atoms with Gasteiger partial charge in [0.2, 0.25) is 0 Å². The van der Waals surface area contributed by atoms with Crippen LogP contribution in [0.25, 0.3) is 0 Å². The molecule has 0 spiro atoms. The van der Waals surface area contributed by atoms with E-state index < -0.39 is 0 Å². The molecule has 104 valence electrons. The van der Waals surface area contributed by atoms with Crippen molar-refractivity contribution in [3.05, 3.63) is 35.4 Å². The van der Waals surface area contributed by atoms with Crippen LogP contribution < -0.4 is 5.32 Å². The summed E-state index contributed by atoms with van der Waals surface area (Å²) in [7, 11) is 0. The molecule has 2 nitrogen and oxygen atoms in total. The first-order valence-corrected chi connectivity index (χ1v) is 7.78. The molecule has 1 N–H and O–H groups in total. The molecule has 3 atom stereocenters. The standard InChI is InChI=1S/C17H25NO/c1-2-17-15(9-10-19-17)12-18-16-8-7-13-5-3-4-6-14(13)11-16/h3-6,15-18H,2,7-12H2,1H3. The molecule has 0 aromatic heterocycles. The molecule has 1 aromatic rings. The van der Waals surface area contributed by atoms with Crippen LogP contribution in [0.5, 0.6) is 0 Å². The van der Waals surface area contributed by atoms with Gasteiger partial charge in [0.1, 0.15) is 0 Å². The molecule has 19 heavy (non-hydrogen) atoms. The van der Waals surface area contributed by atoms with Gasteiger partial charge >= 0.3 is 0 Å². The van der Waals surface area contributed by atoms with E-state index in [1.165, 1.54) is 25.7 Å². The van der Waals surface area contributed by atoms with Gasteiger partial charge in [-0.3, -0.25) is 0 Å². The van der Waals surface area contributed by atoms with Crippen LogP contribution in [0.15, 0.2) is 24.3 Å². The van der Waals surface area contributed by atoms with E-state index in [0.29, 0.717) is 12.1 Å². The van der Waals surface area contributed by atoms with Gasteiger partial charge in [-0.25, -0.2) is 0 Å². The van der Waals surface area contributed by atoms with E-state index in [2.05, 4.69) is 36.5 Å². The molecular weight excluding hydrogens is 234 g/mol. The lowest BCUT2D eigenvalue weighted by Gasteiger charge is -2.27. The van der Waals surface area contributed by atoms with Crippen LogP contribution in [0.1, 0.15) is 37.3 Å². The number of ether oxygens (including phenoxy) is 1. The van der Waals surface area contributed by atoms with Crippen molar-refractivity contribution in [1.82, 2.24) is 5.32 Å². The number of nitrogens with one attached hydrogen (secondary N) is 1. The Labute approximate surface area is 116 Å². The van der Waals surface area contributed by atoms with Crippen molar-refractivity contribution in [3.63, 3.8) is 0 Å². The summed E-state index contributed by atoms with van der Waals surface area (Å²) in [5.74, 6) is 0.724. The predicted molar refractivity (Wildman–Crippen MR) is 78.4 cm³/mol. The zero-order valence-corrected chi connectivity index (χ0v) is 11.9. The quantitative estimate of drug-likeness (QED) is 0.897. The zero-order chi connectivity index (χ0) is 13.1. The normalized spacial score (nSPS) is 30.3. The average molecular weight is 259 g/mol. The maximum atomic E-state index is 5.77. The molecule has 1 aromatic carbocycles. The van der Waals surface area contributed by atoms with Gasteiger partial charge in [0.15, 0.2) is 0 Å². The molecule has 0 bridgehead atoms. The summed E-state index contributed by atoms with van der Waals surface area (Å²) in [6.45, 7) is 4.32. The Morgan fingerprint density at radius 1 is 1.21 bits per heavy atom. The number of fused-ring (bicyclic) bond motifs is 1. The van der Waals surface area contributed by atoms with Gasteiger partial charge in [-0.2, -0.15) is 0 Å². The maximum Gasteiger partial charge on any atom is 0.0613 e. The summed E-state index contributed by atoms with van der Waals surface area (Å²) in [6.07, 6.45) is 6.58. The third-order valence-corrected chi connectivity index (χ3v) is 4.76. The molecule has 1 aliphatic carbocycles. The first-order chi connectivity index (χ1) is 9.36. The van der Waals surface area contributed by atoms with Gasteiger partial charge in [-0.15, -0.1) is 0 Å². The Balaban J connectivity index is 1.52. The van der Waals surface area contributed by atoms with Crippen molar-refractivity contribution >= 4 is 0 Å². The molecule has 0 saturated carbocycles. The van der Waals surface area contributed by atoms with Crippen LogP contribution in [0, 0.1) is 5.92 Å². The van der Waals surface area contributed by atoms with Gasteiger partial charge in [0, 0.05) is 19.2 Å². The monoisotopic (exact) mass is 259 g/mol. The Kier molecular flexibility index (Phi) is 4.19. The minimum absolute atomic E-state index is 0.489. The number of hydrogen-bond acceptors (Lipinski definition) is 2. The summed E-state index contributed by atoms with van der Waals surface area (Å²) in [4.78, 5) is 0. The number of benzene rings is 1. The fraction of sp³-hybridized carbons (Fsp3) is 0.647. The second kappa shape index (κ2) is 6.06. The SMILES string of the molecule is CCC1OCCC1CNC1CCc2ccccc2C1. The van der Waals surface area contributed by atoms with E-state index in [4.69, 9.17) is 4.74 Å². The first-order valence-electron chi connectivity index (χ1n) is 7.78. The van der Waals surface area contributed by atoms with Crippen molar-refractivity contribution < 1.29 is 4.74 Å². The third-order valence-electron chi connectivity index (χ3n) is 4.76. The van der Waals surface area contributed by atoms with Crippen LogP contribution in [-0.2, 0) is 17.6 Å². The van der Waals surface area contributed by atoms with Gasteiger partial charge in [0.25, 0.3) is 0 Å². The molecule has 1 aliphatic heterocycles. The highest BCUT2D eigenvalue weighted by Crippen LogP contribution is 2.24. The van der Waals surface area contributed by atoms with Gasteiger partial charge < -0.3 is 10.1 Å². The fourth-order valence-electron chi connectivity index (χ4n) is 3.57. The molecule has 2 aliphatic rings. The van der Waals surface area contributed by atoms with E-state index in [1.807, 2.05) is 0 Å². The van der Waals surface area contributed by atoms with E-state index >= 15 is 0 Å². The van der Waals surface area contributed by atoms with Crippen molar-refractivity contribution in [2.24, 2.45) is 5.92 Å². The lowest BCUT2D eigenvalue weighted by Crippen LogP contribution is -2.39. The molecule has 1 fully saturated rings. The van der Waals surface area contributed by atoms with Crippen LogP contribution in [0.4, 0.5) is 0 Å². The summed E-state index contributed by atoms with van der Waals surface area (Å²) in [5.41, 5.74) is 3.09. The molecule has 0 amide bonds. The molecule has 0 radical (unpaired) electrons. The van der Waals surface area contributed by atoms with Crippen molar-refractivity contribution in [3.8, 4) is 0 Å². The lowest BCUT2D eigenvalue weighted by molar-refractivity contribution is 0.0864. The highest BCUT2D eigenvalue weighted by atomic mass is 16.5. The summed E-state index contributed by atoms with van der Waals surface area (Å²) < 4.78 is 5.77. The summed E-state index contributed by atoms with van der Waals surface area (Å²) in [6, 6.07) is 9.56. The first kappa shape index (κ1) is 13.1. The Hall–Kier alpha value is -0.860. The average Bonchev–Trinajstić information content (AvgIpc) is 2.92. The Bertz CT molecular complexity index is 417. The predicted octanol–water partition coefficient (Wildman–Crippen LogP) is 2.95. The minimum Gasteiger partial charge on any atom is -0.378 e. The van der Waals surface area contributed by atoms with Crippen LogP contribution in [-0.4, -0.2) is 25.3 Å². The molecule has 1 heterocycles. The van der Waals surface area contributed by atoms with Crippen LogP contribution >= 0.6 is 0 Å². The highest BCUT2D eigenvalue weighted by Gasteiger charge is 2.27. The van der Waals surface area contributed by atoms with E-state index in [9.17, 15) is 0 Å². The number of aryl methyl sites for hydroxylation is 1. The topological polar surface area (TPSA) is 21.3 Å². The minimum atomic E-state index is 0.489. The van der Waals surface area contributed by atoms with E-state index in [0.717, 1.165) is 25.5 Å². The van der Waals surface area contributed by atoms with Crippen molar-refractivity contribution in [1.29, 1.82) is 0 Å². The largest absolute Gasteiger partial charge is 0.378 e. The van der Waals surface area contributed by atoms with Gasteiger partial charge in [-0.05, 0) is 49.1 Å². The lowest BCUT2D eigenvalue weighted by atomic mass is 9.88. The number of rotatable bonds is 4. The maximum absolute atomic E-state index is 5.77. The second-order valence-electron chi connectivity index (χ2n) is 5.98. The molecular formula is C17H25NO. The van der Waals surface area contributed by atoms with E-state index in [-0.39, 0.29) is 0 Å². The fourth-order valence-corrected chi connectivity index (χ4v) is 3.57. The van der Waals surface area contributed by atoms with Gasteiger partial charge in [0.05, 0.1) is 6.10 Å². The smallest absolute Gasteiger partial charge is 0.0613 e. The Morgan fingerprint density at radius 3 is 2.89 bits per heavy atom. The van der Waals surface area contributed by atoms with Gasteiger partial charge in [-0.1, -0.05) is 31.2 Å².